The van der Waals surface area contributed by atoms with Gasteiger partial charge in [-0.25, -0.2) is 9.97 Å². The lowest BCUT2D eigenvalue weighted by Crippen LogP contribution is -2.36. The third-order valence-electron chi connectivity index (χ3n) is 5.84. The van der Waals surface area contributed by atoms with Crippen molar-refractivity contribution in [3.05, 3.63) is 50.1 Å². The zero-order valence-corrected chi connectivity index (χ0v) is 19.3. The molecule has 1 saturated heterocycles. The second-order valence-corrected chi connectivity index (χ2v) is 9.91. The van der Waals surface area contributed by atoms with E-state index in [1.807, 2.05) is 23.5 Å². The van der Waals surface area contributed by atoms with Crippen LogP contribution in [-0.2, 0) is 30.7 Å². The maximum atomic E-state index is 6.45. The van der Waals surface area contributed by atoms with Crippen LogP contribution in [0.5, 0.6) is 0 Å². The summed E-state index contributed by atoms with van der Waals surface area (Å²) in [5, 5.41) is 2.56. The summed E-state index contributed by atoms with van der Waals surface area (Å²) in [5.74, 6) is 1.89. The number of fused-ring (bicyclic) bond motifs is 3. The summed E-state index contributed by atoms with van der Waals surface area (Å²) >= 11 is 14.4. The van der Waals surface area contributed by atoms with Gasteiger partial charge in [-0.15, -0.1) is 11.3 Å². The number of ether oxygens (including phenoxy) is 1. The van der Waals surface area contributed by atoms with Gasteiger partial charge in [-0.3, -0.25) is 4.90 Å². The van der Waals surface area contributed by atoms with Gasteiger partial charge in [0, 0.05) is 41.6 Å². The molecule has 0 bridgehead atoms. The SMILES string of the molecule is CN(Cc1ccc(Cl)cc1Cl)c1nc(CN2CCOCC2)nc2sc3c(c12)CCC3. The normalized spacial score (nSPS) is 16.9. The first-order valence-electron chi connectivity index (χ1n) is 10.3. The number of anilines is 1. The van der Waals surface area contributed by atoms with Crippen LogP contribution in [0.2, 0.25) is 10.0 Å². The van der Waals surface area contributed by atoms with Crippen molar-refractivity contribution < 1.29 is 4.74 Å². The van der Waals surface area contributed by atoms with E-state index < -0.39 is 0 Å². The van der Waals surface area contributed by atoms with Crippen molar-refractivity contribution in [1.82, 2.24) is 14.9 Å². The Morgan fingerprint density at radius 3 is 2.80 bits per heavy atom. The van der Waals surface area contributed by atoms with Gasteiger partial charge in [0.15, 0.2) is 0 Å². The minimum atomic E-state index is 0.652. The number of morpholine rings is 1. The molecule has 2 aliphatic rings. The maximum absolute atomic E-state index is 6.45. The molecule has 8 heteroatoms. The van der Waals surface area contributed by atoms with Crippen molar-refractivity contribution in [2.45, 2.75) is 32.4 Å². The highest BCUT2D eigenvalue weighted by Crippen LogP contribution is 2.41. The average Bonchev–Trinajstić information content (AvgIpc) is 3.31. The second kappa shape index (κ2) is 8.60. The molecular formula is C22H24Cl2N4OS. The molecule has 0 saturated carbocycles. The first kappa shape index (κ1) is 20.5. The lowest BCUT2D eigenvalue weighted by atomic mass is 10.1. The van der Waals surface area contributed by atoms with Crippen LogP contribution in [0.4, 0.5) is 5.82 Å². The van der Waals surface area contributed by atoms with E-state index in [0.29, 0.717) is 16.6 Å². The van der Waals surface area contributed by atoms with Crippen LogP contribution in [0, 0.1) is 0 Å². The quantitative estimate of drug-likeness (QED) is 0.535. The highest BCUT2D eigenvalue weighted by atomic mass is 35.5. The number of halogens is 2. The molecule has 3 heterocycles. The molecule has 0 spiro atoms. The van der Waals surface area contributed by atoms with E-state index in [4.69, 9.17) is 37.9 Å². The largest absolute Gasteiger partial charge is 0.379 e. The van der Waals surface area contributed by atoms with Gasteiger partial charge in [-0.05, 0) is 42.5 Å². The molecule has 0 unspecified atom stereocenters. The molecule has 1 aliphatic heterocycles. The van der Waals surface area contributed by atoms with E-state index in [-0.39, 0.29) is 0 Å². The van der Waals surface area contributed by atoms with Crippen LogP contribution in [0.15, 0.2) is 18.2 Å². The van der Waals surface area contributed by atoms with Crippen molar-refractivity contribution in [2.24, 2.45) is 0 Å². The molecule has 0 radical (unpaired) electrons. The summed E-state index contributed by atoms with van der Waals surface area (Å²) in [4.78, 5) is 17.2. The number of benzene rings is 1. The molecule has 5 nitrogen and oxygen atoms in total. The number of hydrogen-bond donors (Lipinski definition) is 0. The van der Waals surface area contributed by atoms with E-state index >= 15 is 0 Å². The number of thiophene rings is 1. The molecule has 0 atom stereocenters. The van der Waals surface area contributed by atoms with Crippen LogP contribution in [-0.4, -0.2) is 48.2 Å². The summed E-state index contributed by atoms with van der Waals surface area (Å²) < 4.78 is 5.49. The Balaban J connectivity index is 1.52. The molecule has 1 aromatic carbocycles. The van der Waals surface area contributed by atoms with Crippen LogP contribution in [0.25, 0.3) is 10.2 Å². The molecule has 1 fully saturated rings. The summed E-state index contributed by atoms with van der Waals surface area (Å²) in [6, 6.07) is 5.68. The molecule has 158 valence electrons. The van der Waals surface area contributed by atoms with Gasteiger partial charge in [-0.1, -0.05) is 29.3 Å². The lowest BCUT2D eigenvalue weighted by molar-refractivity contribution is 0.0331. The Morgan fingerprint density at radius 2 is 2.00 bits per heavy atom. The third-order valence-corrected chi connectivity index (χ3v) is 7.62. The fourth-order valence-electron chi connectivity index (χ4n) is 4.31. The molecule has 1 aliphatic carbocycles. The van der Waals surface area contributed by atoms with E-state index in [9.17, 15) is 0 Å². The molecule has 5 rings (SSSR count). The smallest absolute Gasteiger partial charge is 0.146 e. The van der Waals surface area contributed by atoms with E-state index in [1.54, 1.807) is 6.07 Å². The van der Waals surface area contributed by atoms with Gasteiger partial charge in [0.2, 0.25) is 0 Å². The predicted molar refractivity (Wildman–Crippen MR) is 124 cm³/mol. The average molecular weight is 463 g/mol. The fourth-order valence-corrected chi connectivity index (χ4v) is 6.05. The summed E-state index contributed by atoms with van der Waals surface area (Å²) in [6.07, 6.45) is 3.49. The zero-order chi connectivity index (χ0) is 20.7. The second-order valence-electron chi connectivity index (χ2n) is 7.98. The van der Waals surface area contributed by atoms with Gasteiger partial charge in [-0.2, -0.15) is 0 Å². The van der Waals surface area contributed by atoms with Gasteiger partial charge >= 0.3 is 0 Å². The first-order valence-corrected chi connectivity index (χ1v) is 11.9. The monoisotopic (exact) mass is 462 g/mol. The number of aryl methyl sites for hydroxylation is 2. The predicted octanol–water partition coefficient (Wildman–Crippen LogP) is 4.96. The van der Waals surface area contributed by atoms with Crippen LogP contribution < -0.4 is 4.90 Å². The molecule has 2 aromatic heterocycles. The van der Waals surface area contributed by atoms with Crippen LogP contribution >= 0.6 is 34.5 Å². The van der Waals surface area contributed by atoms with Crippen LogP contribution in [0.1, 0.15) is 28.2 Å². The highest BCUT2D eigenvalue weighted by Gasteiger charge is 2.25. The number of nitrogens with zero attached hydrogens (tertiary/aromatic N) is 4. The number of aromatic nitrogens is 2. The van der Waals surface area contributed by atoms with E-state index in [2.05, 4.69) is 16.8 Å². The minimum Gasteiger partial charge on any atom is -0.379 e. The summed E-state index contributed by atoms with van der Waals surface area (Å²) in [5.41, 5.74) is 2.48. The molecular weight excluding hydrogens is 439 g/mol. The third kappa shape index (κ3) is 4.04. The van der Waals surface area contributed by atoms with Crippen molar-refractivity contribution in [3.63, 3.8) is 0 Å². The minimum absolute atomic E-state index is 0.652. The summed E-state index contributed by atoms with van der Waals surface area (Å²) in [7, 11) is 2.09. The Bertz CT molecular complexity index is 1080. The standard InChI is InChI=1S/C22H24Cl2N4OS/c1-27(12-14-5-6-15(23)11-17(14)24)21-20-16-3-2-4-18(16)30-22(20)26-19(25-21)13-28-7-9-29-10-8-28/h5-6,11H,2-4,7-10,12-13H2,1H3. The van der Waals surface area contributed by atoms with Gasteiger partial charge in [0.25, 0.3) is 0 Å². The molecule has 0 N–H and O–H groups in total. The maximum Gasteiger partial charge on any atom is 0.146 e. The lowest BCUT2D eigenvalue weighted by Gasteiger charge is -2.26. The van der Waals surface area contributed by atoms with Crippen molar-refractivity contribution in [3.8, 4) is 0 Å². The Hall–Kier alpha value is -1.44. The summed E-state index contributed by atoms with van der Waals surface area (Å²) in [6.45, 7) is 4.82. The number of rotatable bonds is 5. The van der Waals surface area contributed by atoms with Crippen molar-refractivity contribution in [1.29, 1.82) is 0 Å². The van der Waals surface area contributed by atoms with Gasteiger partial charge in [0.05, 0.1) is 25.1 Å². The Morgan fingerprint density at radius 1 is 1.17 bits per heavy atom. The van der Waals surface area contributed by atoms with E-state index in [0.717, 1.165) is 67.7 Å². The zero-order valence-electron chi connectivity index (χ0n) is 17.0. The Kier molecular flexibility index (Phi) is 5.86. The fraction of sp³-hybridized carbons (Fsp3) is 0.455. The number of hydrogen-bond acceptors (Lipinski definition) is 6. The van der Waals surface area contributed by atoms with E-state index in [1.165, 1.54) is 22.2 Å². The highest BCUT2D eigenvalue weighted by molar-refractivity contribution is 7.19. The van der Waals surface area contributed by atoms with Gasteiger partial charge in [0.1, 0.15) is 16.5 Å². The van der Waals surface area contributed by atoms with Crippen LogP contribution in [0.3, 0.4) is 0 Å². The topological polar surface area (TPSA) is 41.5 Å². The molecule has 0 amide bonds. The Labute approximate surface area is 190 Å². The first-order chi connectivity index (χ1) is 14.6. The van der Waals surface area contributed by atoms with Gasteiger partial charge < -0.3 is 9.64 Å². The van der Waals surface area contributed by atoms with Crippen molar-refractivity contribution in [2.75, 3.05) is 38.3 Å². The van der Waals surface area contributed by atoms with Crippen molar-refractivity contribution >= 4 is 50.6 Å². The molecule has 3 aromatic rings. The molecule has 30 heavy (non-hydrogen) atoms.